The SMILES string of the molecule is O=C(/C=C/C(=O)Nc1cc2c(Nc3ccc(Nc4ccc(Br)cc4)c(Cl)c3)ncnc2cn1)NCCCN1CCOCC1. The van der Waals surface area contributed by atoms with E-state index in [0.717, 1.165) is 55.1 Å². The lowest BCUT2D eigenvalue weighted by Crippen LogP contribution is -2.38. The standard InChI is InChI=1S/C30H30BrClN8O3/c31-20-2-4-21(5-3-20)37-25-7-6-22(16-24(25)32)38-30-23-17-27(34-18-26(23)35-19-36-30)39-29(42)9-8-28(41)33-10-1-11-40-12-14-43-15-13-40/h2-9,16-19,37H,1,10-15H2,(H,33,41)(H,34,39,42)(H,35,36,38)/b9-8+. The molecule has 0 radical (unpaired) electrons. The second kappa shape index (κ2) is 14.9. The molecule has 0 unspecified atom stereocenters. The lowest BCUT2D eigenvalue weighted by Gasteiger charge is -2.26. The maximum absolute atomic E-state index is 12.5. The molecular formula is C30H30BrClN8O3. The van der Waals surface area contributed by atoms with Crippen LogP contribution < -0.4 is 21.3 Å². The van der Waals surface area contributed by atoms with Gasteiger partial charge in [-0.05, 0) is 61.5 Å². The molecule has 2 aromatic carbocycles. The molecule has 3 heterocycles. The Labute approximate surface area is 262 Å². The number of aromatic nitrogens is 3. The van der Waals surface area contributed by atoms with Crippen LogP contribution in [0.25, 0.3) is 10.9 Å². The number of amides is 2. The third-order valence-corrected chi connectivity index (χ3v) is 7.41. The molecule has 13 heteroatoms. The minimum Gasteiger partial charge on any atom is -0.379 e. The maximum Gasteiger partial charge on any atom is 0.249 e. The summed E-state index contributed by atoms with van der Waals surface area (Å²) in [4.78, 5) is 39.8. The topological polar surface area (TPSA) is 133 Å². The molecule has 222 valence electrons. The van der Waals surface area contributed by atoms with Crippen LogP contribution in [-0.4, -0.2) is 71.1 Å². The summed E-state index contributed by atoms with van der Waals surface area (Å²) in [6.07, 6.45) is 6.18. The van der Waals surface area contributed by atoms with Crippen molar-refractivity contribution >= 4 is 78.9 Å². The van der Waals surface area contributed by atoms with E-state index in [1.807, 2.05) is 36.4 Å². The van der Waals surface area contributed by atoms with Crippen molar-refractivity contribution in [3.8, 4) is 0 Å². The third-order valence-electron chi connectivity index (χ3n) is 6.57. The highest BCUT2D eigenvalue weighted by Crippen LogP contribution is 2.31. The summed E-state index contributed by atoms with van der Waals surface area (Å²) in [6.45, 7) is 4.73. The number of halogens is 2. The number of rotatable bonds is 11. The molecule has 0 atom stereocenters. The molecule has 11 nitrogen and oxygen atoms in total. The Bertz CT molecular complexity index is 1610. The Balaban J connectivity index is 1.17. The van der Waals surface area contributed by atoms with Gasteiger partial charge in [0.2, 0.25) is 11.8 Å². The van der Waals surface area contributed by atoms with Crippen LogP contribution >= 0.6 is 27.5 Å². The van der Waals surface area contributed by atoms with Crippen LogP contribution in [0, 0.1) is 0 Å². The van der Waals surface area contributed by atoms with Crippen LogP contribution in [0.1, 0.15) is 6.42 Å². The van der Waals surface area contributed by atoms with Gasteiger partial charge in [-0.15, -0.1) is 0 Å². The second-order valence-corrected chi connectivity index (χ2v) is 11.0. The van der Waals surface area contributed by atoms with Crippen molar-refractivity contribution in [3.63, 3.8) is 0 Å². The molecule has 0 saturated carbocycles. The number of ether oxygens (including phenoxy) is 1. The molecule has 0 bridgehead atoms. The summed E-state index contributed by atoms with van der Waals surface area (Å²) in [6, 6.07) is 15.0. The molecule has 2 aromatic heterocycles. The van der Waals surface area contributed by atoms with E-state index in [2.05, 4.69) is 57.0 Å². The van der Waals surface area contributed by atoms with Crippen molar-refractivity contribution in [2.75, 3.05) is 55.3 Å². The number of nitrogens with one attached hydrogen (secondary N) is 4. The number of anilines is 5. The smallest absolute Gasteiger partial charge is 0.249 e. The van der Waals surface area contributed by atoms with E-state index in [0.29, 0.717) is 34.0 Å². The molecule has 1 fully saturated rings. The van der Waals surface area contributed by atoms with Crippen LogP contribution in [0.3, 0.4) is 0 Å². The summed E-state index contributed by atoms with van der Waals surface area (Å²) < 4.78 is 6.33. The summed E-state index contributed by atoms with van der Waals surface area (Å²) in [5, 5.41) is 13.2. The van der Waals surface area contributed by atoms with Gasteiger partial charge in [0.05, 0.1) is 35.6 Å². The second-order valence-electron chi connectivity index (χ2n) is 9.68. The van der Waals surface area contributed by atoms with Gasteiger partial charge in [0.15, 0.2) is 0 Å². The van der Waals surface area contributed by atoms with Gasteiger partial charge in [-0.25, -0.2) is 15.0 Å². The quantitative estimate of drug-likeness (QED) is 0.125. The summed E-state index contributed by atoms with van der Waals surface area (Å²) in [7, 11) is 0. The maximum atomic E-state index is 12.5. The zero-order valence-electron chi connectivity index (χ0n) is 23.1. The fraction of sp³-hybridized carbons (Fsp3) is 0.233. The molecule has 4 N–H and O–H groups in total. The van der Waals surface area contributed by atoms with Crippen molar-refractivity contribution in [1.82, 2.24) is 25.2 Å². The number of carbonyl (C=O) groups is 2. The lowest BCUT2D eigenvalue weighted by molar-refractivity contribution is -0.117. The van der Waals surface area contributed by atoms with Crippen molar-refractivity contribution < 1.29 is 14.3 Å². The van der Waals surface area contributed by atoms with E-state index in [-0.39, 0.29) is 11.7 Å². The van der Waals surface area contributed by atoms with Crippen LogP contribution in [-0.2, 0) is 14.3 Å². The first-order valence-corrected chi connectivity index (χ1v) is 14.9. The van der Waals surface area contributed by atoms with E-state index in [4.69, 9.17) is 16.3 Å². The number of hydrogen-bond acceptors (Lipinski definition) is 9. The number of fused-ring (bicyclic) bond motifs is 1. The zero-order valence-corrected chi connectivity index (χ0v) is 25.5. The monoisotopic (exact) mass is 664 g/mol. The Morgan fingerprint density at radius 2 is 1.72 bits per heavy atom. The zero-order chi connectivity index (χ0) is 30.0. The predicted octanol–water partition coefficient (Wildman–Crippen LogP) is 5.26. The fourth-order valence-corrected chi connectivity index (χ4v) is 4.86. The minimum absolute atomic E-state index is 0.290. The average molecular weight is 666 g/mol. The van der Waals surface area contributed by atoms with Crippen molar-refractivity contribution in [2.45, 2.75) is 6.42 Å². The molecule has 1 aliphatic heterocycles. The number of carbonyl (C=O) groups excluding carboxylic acids is 2. The number of morpholine rings is 1. The third kappa shape index (κ3) is 8.94. The summed E-state index contributed by atoms with van der Waals surface area (Å²) >= 11 is 9.99. The van der Waals surface area contributed by atoms with Gasteiger partial charge in [0.1, 0.15) is 18.0 Å². The summed E-state index contributed by atoms with van der Waals surface area (Å²) in [5.74, 6) is -0.0138. The first-order valence-electron chi connectivity index (χ1n) is 13.7. The first-order chi connectivity index (χ1) is 20.9. The van der Waals surface area contributed by atoms with Gasteiger partial charge in [0, 0.05) is 53.0 Å². The molecule has 1 saturated heterocycles. The van der Waals surface area contributed by atoms with Gasteiger partial charge >= 0.3 is 0 Å². The summed E-state index contributed by atoms with van der Waals surface area (Å²) in [5.41, 5.74) is 2.96. The van der Waals surface area contributed by atoms with Crippen molar-refractivity contribution in [3.05, 3.63) is 82.7 Å². The van der Waals surface area contributed by atoms with E-state index in [9.17, 15) is 9.59 Å². The Kier molecular flexibility index (Phi) is 10.5. The average Bonchev–Trinajstić information content (AvgIpc) is 3.01. The molecule has 43 heavy (non-hydrogen) atoms. The fourth-order valence-electron chi connectivity index (χ4n) is 4.36. The van der Waals surface area contributed by atoms with Gasteiger partial charge in [-0.1, -0.05) is 27.5 Å². The Hall–Kier alpha value is -4.10. The molecule has 1 aliphatic rings. The molecule has 5 rings (SSSR count). The van der Waals surface area contributed by atoms with Gasteiger partial charge in [-0.3, -0.25) is 14.5 Å². The highest BCUT2D eigenvalue weighted by Gasteiger charge is 2.11. The highest BCUT2D eigenvalue weighted by atomic mass is 79.9. The van der Waals surface area contributed by atoms with E-state index in [1.165, 1.54) is 18.5 Å². The Morgan fingerprint density at radius 3 is 2.51 bits per heavy atom. The van der Waals surface area contributed by atoms with Crippen LogP contribution in [0.2, 0.25) is 5.02 Å². The molecule has 0 aliphatic carbocycles. The normalized spacial score (nSPS) is 13.6. The van der Waals surface area contributed by atoms with Gasteiger partial charge < -0.3 is 26.0 Å². The van der Waals surface area contributed by atoms with Crippen molar-refractivity contribution in [1.29, 1.82) is 0 Å². The highest BCUT2D eigenvalue weighted by molar-refractivity contribution is 9.10. The molecule has 0 spiro atoms. The number of pyridine rings is 1. The van der Waals surface area contributed by atoms with E-state index in [1.54, 1.807) is 18.3 Å². The van der Waals surface area contributed by atoms with Crippen LogP contribution in [0.4, 0.5) is 28.7 Å². The van der Waals surface area contributed by atoms with Gasteiger partial charge in [-0.2, -0.15) is 0 Å². The molecular weight excluding hydrogens is 636 g/mol. The van der Waals surface area contributed by atoms with Crippen LogP contribution in [0.5, 0.6) is 0 Å². The predicted molar refractivity (Wildman–Crippen MR) is 172 cm³/mol. The first kappa shape index (κ1) is 30.4. The van der Waals surface area contributed by atoms with Gasteiger partial charge in [0.25, 0.3) is 0 Å². The number of benzene rings is 2. The Morgan fingerprint density at radius 1 is 0.953 bits per heavy atom. The van der Waals surface area contributed by atoms with Crippen molar-refractivity contribution in [2.24, 2.45) is 0 Å². The minimum atomic E-state index is -0.484. The van der Waals surface area contributed by atoms with E-state index < -0.39 is 5.91 Å². The van der Waals surface area contributed by atoms with E-state index >= 15 is 0 Å². The lowest BCUT2D eigenvalue weighted by atomic mass is 10.2. The largest absolute Gasteiger partial charge is 0.379 e. The molecule has 4 aromatic rings. The van der Waals surface area contributed by atoms with Crippen LogP contribution in [0.15, 0.2) is 77.7 Å². The number of hydrogen-bond donors (Lipinski definition) is 4. The molecule has 2 amide bonds. The number of nitrogens with zero attached hydrogens (tertiary/aromatic N) is 4.